The van der Waals surface area contributed by atoms with Gasteiger partial charge in [-0.3, -0.25) is 0 Å². The van der Waals surface area contributed by atoms with E-state index in [1.54, 1.807) is 12.3 Å². The fourth-order valence-electron chi connectivity index (χ4n) is 1.91. The van der Waals surface area contributed by atoms with E-state index in [9.17, 15) is 0 Å². The molecule has 0 bridgehead atoms. The summed E-state index contributed by atoms with van der Waals surface area (Å²) in [4.78, 5) is 0. The average Bonchev–Trinajstić information content (AvgIpc) is 2.96. The van der Waals surface area contributed by atoms with Crippen LogP contribution >= 0.6 is 23.4 Å². The van der Waals surface area contributed by atoms with Gasteiger partial charge in [0.2, 0.25) is 5.16 Å². The van der Waals surface area contributed by atoms with Crippen LogP contribution in [0.2, 0.25) is 5.02 Å². The maximum absolute atomic E-state index is 6.06. The minimum atomic E-state index is 0.355. The summed E-state index contributed by atoms with van der Waals surface area (Å²) in [5.74, 6) is 7.10. The normalized spacial score (nSPS) is 11.0. The molecule has 122 valence electrons. The number of nitrogens with two attached hydrogens (primary N) is 1. The second-order valence-electron chi connectivity index (χ2n) is 4.84. The standard InChI is InChI=1S/C16H15ClN6S/c17-14-9-5-4-8-13(14)10-19-20-15-21-22-16(23(15)18)24-11-12-6-2-1-3-7-12/h1-10H,11,18H2,(H,20,21)/b19-10+. The topological polar surface area (TPSA) is 81.1 Å². The van der Waals surface area contributed by atoms with Gasteiger partial charge in [0.25, 0.3) is 5.95 Å². The number of nitrogens with one attached hydrogen (secondary N) is 1. The lowest BCUT2D eigenvalue weighted by Gasteiger charge is -2.03. The molecular formula is C16H15ClN6S. The molecule has 0 atom stereocenters. The predicted molar refractivity (Wildman–Crippen MR) is 98.8 cm³/mol. The lowest BCUT2D eigenvalue weighted by molar-refractivity contribution is 0.847. The molecule has 3 N–H and O–H groups in total. The van der Waals surface area contributed by atoms with E-state index in [2.05, 4.69) is 32.9 Å². The lowest BCUT2D eigenvalue weighted by atomic mass is 10.2. The quantitative estimate of drug-likeness (QED) is 0.305. The van der Waals surface area contributed by atoms with Crippen molar-refractivity contribution in [3.8, 4) is 0 Å². The Balaban J connectivity index is 1.61. The van der Waals surface area contributed by atoms with Gasteiger partial charge in [-0.25, -0.2) is 10.1 Å². The first-order chi connectivity index (χ1) is 11.7. The Morgan fingerprint density at radius 3 is 2.67 bits per heavy atom. The first-order valence-electron chi connectivity index (χ1n) is 7.15. The molecule has 0 aliphatic rings. The van der Waals surface area contributed by atoms with E-state index in [1.165, 1.54) is 22.0 Å². The van der Waals surface area contributed by atoms with Gasteiger partial charge >= 0.3 is 0 Å². The van der Waals surface area contributed by atoms with Crippen LogP contribution in [-0.4, -0.2) is 21.1 Å². The van der Waals surface area contributed by atoms with E-state index < -0.39 is 0 Å². The van der Waals surface area contributed by atoms with E-state index >= 15 is 0 Å². The molecule has 6 nitrogen and oxygen atoms in total. The van der Waals surface area contributed by atoms with Crippen LogP contribution < -0.4 is 11.3 Å². The number of hydrazone groups is 1. The van der Waals surface area contributed by atoms with Crippen molar-refractivity contribution >= 4 is 35.5 Å². The fourth-order valence-corrected chi connectivity index (χ4v) is 2.91. The molecule has 0 saturated heterocycles. The van der Waals surface area contributed by atoms with E-state index in [0.717, 1.165) is 11.3 Å². The minimum absolute atomic E-state index is 0.355. The molecule has 0 unspecified atom stereocenters. The van der Waals surface area contributed by atoms with Crippen LogP contribution in [0.25, 0.3) is 0 Å². The molecule has 8 heteroatoms. The van der Waals surface area contributed by atoms with E-state index in [1.807, 2.05) is 36.4 Å². The Bertz CT molecular complexity index is 834. The Morgan fingerprint density at radius 2 is 1.88 bits per heavy atom. The molecule has 0 radical (unpaired) electrons. The third-order valence-corrected chi connectivity index (χ3v) is 4.51. The van der Waals surface area contributed by atoms with Crippen molar-refractivity contribution < 1.29 is 0 Å². The number of rotatable bonds is 6. The first kappa shape index (κ1) is 16.4. The van der Waals surface area contributed by atoms with Crippen LogP contribution in [0.4, 0.5) is 5.95 Å². The number of hydrogen-bond donors (Lipinski definition) is 2. The van der Waals surface area contributed by atoms with Gasteiger partial charge in [-0.1, -0.05) is 71.9 Å². The summed E-state index contributed by atoms with van der Waals surface area (Å²) in [7, 11) is 0. The molecule has 1 heterocycles. The summed E-state index contributed by atoms with van der Waals surface area (Å²) in [6.45, 7) is 0. The van der Waals surface area contributed by atoms with Crippen molar-refractivity contribution in [2.45, 2.75) is 10.9 Å². The van der Waals surface area contributed by atoms with Gasteiger partial charge < -0.3 is 5.84 Å². The average molecular weight is 359 g/mol. The zero-order valence-electron chi connectivity index (χ0n) is 12.6. The van der Waals surface area contributed by atoms with Gasteiger partial charge in [0.05, 0.1) is 6.21 Å². The van der Waals surface area contributed by atoms with Gasteiger partial charge in [0.1, 0.15) is 0 Å². The molecule has 0 fully saturated rings. The van der Waals surface area contributed by atoms with Crippen molar-refractivity contribution in [1.29, 1.82) is 0 Å². The van der Waals surface area contributed by atoms with Gasteiger partial charge in [0.15, 0.2) is 0 Å². The van der Waals surface area contributed by atoms with Crippen LogP contribution in [0, 0.1) is 0 Å². The van der Waals surface area contributed by atoms with Crippen molar-refractivity contribution in [1.82, 2.24) is 14.9 Å². The Labute approximate surface area is 148 Å². The number of anilines is 1. The molecule has 3 aromatic rings. The largest absolute Gasteiger partial charge is 0.334 e. The zero-order chi connectivity index (χ0) is 16.8. The highest BCUT2D eigenvalue weighted by Gasteiger charge is 2.09. The monoisotopic (exact) mass is 358 g/mol. The highest BCUT2D eigenvalue weighted by molar-refractivity contribution is 7.98. The first-order valence-corrected chi connectivity index (χ1v) is 8.51. The van der Waals surface area contributed by atoms with Crippen molar-refractivity contribution in [2.24, 2.45) is 5.10 Å². The summed E-state index contributed by atoms with van der Waals surface area (Å²) in [6, 6.07) is 17.5. The van der Waals surface area contributed by atoms with E-state index in [-0.39, 0.29) is 0 Å². The van der Waals surface area contributed by atoms with Crippen molar-refractivity contribution in [3.05, 3.63) is 70.7 Å². The summed E-state index contributed by atoms with van der Waals surface area (Å²) >= 11 is 7.57. The fraction of sp³-hybridized carbons (Fsp3) is 0.0625. The second-order valence-corrected chi connectivity index (χ2v) is 6.19. The van der Waals surface area contributed by atoms with Crippen molar-refractivity contribution in [2.75, 3.05) is 11.3 Å². The zero-order valence-corrected chi connectivity index (χ0v) is 14.2. The molecule has 1 aromatic heterocycles. The number of halogens is 1. The summed E-state index contributed by atoms with van der Waals surface area (Å²) in [5, 5.41) is 13.4. The van der Waals surface area contributed by atoms with Crippen LogP contribution in [0.3, 0.4) is 0 Å². The van der Waals surface area contributed by atoms with Gasteiger partial charge in [-0.2, -0.15) is 5.10 Å². The number of benzene rings is 2. The predicted octanol–water partition coefficient (Wildman–Crippen LogP) is 3.38. The molecule has 0 saturated carbocycles. The molecular weight excluding hydrogens is 344 g/mol. The minimum Gasteiger partial charge on any atom is -0.334 e. The summed E-state index contributed by atoms with van der Waals surface area (Å²) in [5.41, 5.74) is 4.76. The maximum atomic E-state index is 6.06. The van der Waals surface area contributed by atoms with Crippen LogP contribution in [0.1, 0.15) is 11.1 Å². The maximum Gasteiger partial charge on any atom is 0.264 e. The molecule has 24 heavy (non-hydrogen) atoms. The summed E-state index contributed by atoms with van der Waals surface area (Å²) in [6.07, 6.45) is 1.60. The Hall–Kier alpha value is -2.51. The SMILES string of the molecule is Nn1c(N/N=C/c2ccccc2Cl)nnc1SCc1ccccc1. The van der Waals surface area contributed by atoms with E-state index in [0.29, 0.717) is 16.1 Å². The van der Waals surface area contributed by atoms with Gasteiger partial charge in [-0.05, 0) is 11.6 Å². The Morgan fingerprint density at radius 1 is 1.12 bits per heavy atom. The molecule has 0 spiro atoms. The Kier molecular flexibility index (Phi) is 5.35. The molecule has 0 aliphatic heterocycles. The number of hydrogen-bond acceptors (Lipinski definition) is 6. The molecule has 2 aromatic carbocycles. The third kappa shape index (κ3) is 4.06. The molecule has 0 aliphatic carbocycles. The second kappa shape index (κ2) is 7.85. The smallest absolute Gasteiger partial charge is 0.264 e. The number of aromatic nitrogens is 3. The number of thioether (sulfide) groups is 1. The molecule has 0 amide bonds. The van der Waals surface area contributed by atoms with Gasteiger partial charge in [0, 0.05) is 16.3 Å². The van der Waals surface area contributed by atoms with Crippen LogP contribution in [0.5, 0.6) is 0 Å². The lowest BCUT2D eigenvalue weighted by Crippen LogP contribution is -2.13. The third-order valence-electron chi connectivity index (χ3n) is 3.15. The van der Waals surface area contributed by atoms with Crippen LogP contribution in [-0.2, 0) is 5.75 Å². The number of nitrogen functional groups attached to an aromatic ring is 1. The summed E-state index contributed by atoms with van der Waals surface area (Å²) < 4.78 is 1.37. The highest BCUT2D eigenvalue weighted by atomic mass is 35.5. The van der Waals surface area contributed by atoms with Gasteiger partial charge in [-0.15, -0.1) is 10.2 Å². The number of nitrogens with zero attached hydrogens (tertiary/aromatic N) is 4. The van der Waals surface area contributed by atoms with E-state index in [4.69, 9.17) is 17.4 Å². The molecule has 3 rings (SSSR count). The van der Waals surface area contributed by atoms with Crippen molar-refractivity contribution in [3.63, 3.8) is 0 Å². The highest BCUT2D eigenvalue weighted by Crippen LogP contribution is 2.21. The van der Waals surface area contributed by atoms with Crippen LogP contribution in [0.15, 0.2) is 64.9 Å².